The summed E-state index contributed by atoms with van der Waals surface area (Å²) >= 11 is 1.11. The maximum absolute atomic E-state index is 10.5. The number of rotatable bonds is 3. The van der Waals surface area contributed by atoms with Gasteiger partial charge in [-0.05, 0) is 6.92 Å². The molecule has 0 saturated carbocycles. The third-order valence-electron chi connectivity index (χ3n) is 0.862. The van der Waals surface area contributed by atoms with Crippen LogP contribution in [0.4, 0.5) is 0 Å². The third kappa shape index (κ3) is 7.12. The summed E-state index contributed by atoms with van der Waals surface area (Å²) in [5.41, 5.74) is 0. The van der Waals surface area contributed by atoms with Crippen LogP contribution in [0.1, 0.15) is 13.8 Å². The van der Waals surface area contributed by atoms with Gasteiger partial charge in [-0.15, -0.1) is 0 Å². The standard InChI is InChI=1S/C7H10O3S/c1-5(11-6(2)8)3-4-7(9)10/h3-5H,1-2H3,(H,9,10)/b4-3+. The van der Waals surface area contributed by atoms with Crippen LogP contribution in [-0.2, 0) is 9.59 Å². The molecule has 0 amide bonds. The maximum atomic E-state index is 10.5. The number of carbonyl (C=O) groups excluding carboxylic acids is 1. The van der Waals surface area contributed by atoms with Crippen molar-refractivity contribution in [2.45, 2.75) is 19.1 Å². The predicted molar refractivity (Wildman–Crippen MR) is 44.5 cm³/mol. The zero-order valence-electron chi connectivity index (χ0n) is 6.40. The van der Waals surface area contributed by atoms with Crippen molar-refractivity contribution >= 4 is 22.8 Å². The van der Waals surface area contributed by atoms with Crippen LogP contribution >= 0.6 is 11.8 Å². The van der Waals surface area contributed by atoms with Gasteiger partial charge in [-0.3, -0.25) is 4.79 Å². The van der Waals surface area contributed by atoms with Gasteiger partial charge in [0.15, 0.2) is 5.12 Å². The number of hydrogen-bond acceptors (Lipinski definition) is 3. The number of hydrogen-bond donors (Lipinski definition) is 1. The Morgan fingerprint density at radius 1 is 1.55 bits per heavy atom. The zero-order chi connectivity index (χ0) is 8.85. The van der Waals surface area contributed by atoms with Gasteiger partial charge in [-0.25, -0.2) is 4.79 Å². The second-order valence-electron chi connectivity index (χ2n) is 2.01. The largest absolute Gasteiger partial charge is 0.478 e. The summed E-state index contributed by atoms with van der Waals surface area (Å²) in [7, 11) is 0. The average Bonchev–Trinajstić information content (AvgIpc) is 1.82. The van der Waals surface area contributed by atoms with Crippen molar-refractivity contribution in [3.8, 4) is 0 Å². The van der Waals surface area contributed by atoms with Crippen LogP contribution in [0.3, 0.4) is 0 Å². The number of aliphatic carboxylic acids is 1. The quantitative estimate of drug-likeness (QED) is 0.655. The van der Waals surface area contributed by atoms with E-state index in [2.05, 4.69) is 0 Å². The SMILES string of the molecule is CC(=O)SC(C)/C=C/C(=O)O. The molecule has 0 spiro atoms. The highest BCUT2D eigenvalue weighted by atomic mass is 32.2. The molecule has 1 unspecified atom stereocenters. The molecule has 1 atom stereocenters. The first-order chi connectivity index (χ1) is 5.02. The predicted octanol–water partition coefficient (Wildman–Crippen LogP) is 1.30. The van der Waals surface area contributed by atoms with E-state index >= 15 is 0 Å². The Morgan fingerprint density at radius 3 is 2.45 bits per heavy atom. The second-order valence-corrected chi connectivity index (χ2v) is 3.57. The lowest BCUT2D eigenvalue weighted by Gasteiger charge is -1.99. The van der Waals surface area contributed by atoms with Crippen LogP contribution in [0, 0.1) is 0 Å². The first-order valence-electron chi connectivity index (χ1n) is 3.10. The Hall–Kier alpha value is -0.770. The summed E-state index contributed by atoms with van der Waals surface area (Å²) in [5, 5.41) is 8.14. The fourth-order valence-electron chi connectivity index (χ4n) is 0.519. The molecule has 0 fully saturated rings. The van der Waals surface area contributed by atoms with Crippen molar-refractivity contribution in [2.24, 2.45) is 0 Å². The van der Waals surface area contributed by atoms with Crippen LogP contribution < -0.4 is 0 Å². The van der Waals surface area contributed by atoms with E-state index < -0.39 is 5.97 Å². The molecule has 0 aromatic rings. The van der Waals surface area contributed by atoms with Crippen molar-refractivity contribution in [1.82, 2.24) is 0 Å². The fraction of sp³-hybridized carbons (Fsp3) is 0.429. The number of thioether (sulfide) groups is 1. The minimum Gasteiger partial charge on any atom is -0.478 e. The third-order valence-corrected chi connectivity index (χ3v) is 1.72. The first kappa shape index (κ1) is 10.2. The average molecular weight is 174 g/mol. The first-order valence-corrected chi connectivity index (χ1v) is 3.98. The summed E-state index contributed by atoms with van der Waals surface area (Å²) in [4.78, 5) is 20.5. The smallest absolute Gasteiger partial charge is 0.328 e. The molecule has 1 N–H and O–H groups in total. The van der Waals surface area contributed by atoms with Crippen molar-refractivity contribution in [3.63, 3.8) is 0 Å². The van der Waals surface area contributed by atoms with Gasteiger partial charge in [0.1, 0.15) is 0 Å². The maximum Gasteiger partial charge on any atom is 0.328 e. The lowest BCUT2D eigenvalue weighted by atomic mass is 10.4. The van der Waals surface area contributed by atoms with Crippen LogP contribution in [0.15, 0.2) is 12.2 Å². The molecule has 11 heavy (non-hydrogen) atoms. The Kier molecular flexibility index (Phi) is 4.61. The molecule has 0 heterocycles. The summed E-state index contributed by atoms with van der Waals surface area (Å²) in [6.07, 6.45) is 2.52. The molecule has 0 aliphatic rings. The van der Waals surface area contributed by atoms with Gasteiger partial charge < -0.3 is 5.11 Å². The Bertz CT molecular complexity index is 186. The van der Waals surface area contributed by atoms with E-state index in [9.17, 15) is 9.59 Å². The van der Waals surface area contributed by atoms with Gasteiger partial charge >= 0.3 is 5.97 Å². The van der Waals surface area contributed by atoms with E-state index in [1.54, 1.807) is 6.92 Å². The van der Waals surface area contributed by atoms with E-state index in [-0.39, 0.29) is 10.4 Å². The van der Waals surface area contributed by atoms with Crippen LogP contribution in [0.2, 0.25) is 0 Å². The van der Waals surface area contributed by atoms with Crippen molar-refractivity contribution < 1.29 is 14.7 Å². The molecule has 0 aliphatic heterocycles. The monoisotopic (exact) mass is 174 g/mol. The zero-order valence-corrected chi connectivity index (χ0v) is 7.22. The minimum absolute atomic E-state index is 0.00691. The summed E-state index contributed by atoms with van der Waals surface area (Å²) in [6.45, 7) is 3.22. The van der Waals surface area contributed by atoms with Gasteiger partial charge in [0.2, 0.25) is 0 Å². The molecular formula is C7H10O3S. The molecule has 0 aliphatic carbocycles. The highest BCUT2D eigenvalue weighted by molar-refractivity contribution is 8.14. The molecule has 0 bridgehead atoms. The highest BCUT2D eigenvalue weighted by Gasteiger charge is 2.01. The molecule has 62 valence electrons. The minimum atomic E-state index is -0.985. The van der Waals surface area contributed by atoms with Crippen LogP contribution in [-0.4, -0.2) is 21.4 Å². The van der Waals surface area contributed by atoms with E-state index in [0.29, 0.717) is 0 Å². The van der Waals surface area contributed by atoms with Gasteiger partial charge in [-0.1, -0.05) is 17.8 Å². The van der Waals surface area contributed by atoms with Crippen molar-refractivity contribution in [3.05, 3.63) is 12.2 Å². The summed E-state index contributed by atoms with van der Waals surface area (Å²) in [6, 6.07) is 0. The number of carboxylic acids is 1. The second kappa shape index (κ2) is 4.96. The number of carboxylic acid groups (broad SMARTS) is 1. The van der Waals surface area contributed by atoms with E-state index in [0.717, 1.165) is 17.8 Å². The highest BCUT2D eigenvalue weighted by Crippen LogP contribution is 2.11. The molecule has 0 saturated heterocycles. The fourth-order valence-corrected chi connectivity index (χ4v) is 1.20. The molecular weight excluding hydrogens is 164 g/mol. The Balaban J connectivity index is 3.77. The van der Waals surface area contributed by atoms with E-state index in [4.69, 9.17) is 5.11 Å². The van der Waals surface area contributed by atoms with Gasteiger partial charge in [-0.2, -0.15) is 0 Å². The lowest BCUT2D eigenvalue weighted by Crippen LogP contribution is -1.96. The van der Waals surface area contributed by atoms with Gasteiger partial charge in [0, 0.05) is 18.2 Å². The molecule has 4 heteroatoms. The van der Waals surface area contributed by atoms with E-state index in [1.165, 1.54) is 13.0 Å². The Labute approximate surface area is 69.5 Å². The normalized spacial score (nSPS) is 13.3. The molecule has 0 rings (SSSR count). The van der Waals surface area contributed by atoms with Crippen LogP contribution in [0.25, 0.3) is 0 Å². The van der Waals surface area contributed by atoms with Gasteiger partial charge in [0.25, 0.3) is 0 Å². The van der Waals surface area contributed by atoms with Gasteiger partial charge in [0.05, 0.1) is 0 Å². The van der Waals surface area contributed by atoms with Crippen molar-refractivity contribution in [1.29, 1.82) is 0 Å². The summed E-state index contributed by atoms with van der Waals surface area (Å²) in [5.74, 6) is -0.985. The van der Waals surface area contributed by atoms with Crippen LogP contribution in [0.5, 0.6) is 0 Å². The molecule has 0 aromatic heterocycles. The molecule has 3 nitrogen and oxygen atoms in total. The topological polar surface area (TPSA) is 54.4 Å². The molecule has 0 radical (unpaired) electrons. The lowest BCUT2D eigenvalue weighted by molar-refractivity contribution is -0.131. The van der Waals surface area contributed by atoms with Crippen molar-refractivity contribution in [2.75, 3.05) is 0 Å². The Morgan fingerprint density at radius 2 is 2.09 bits per heavy atom. The number of carbonyl (C=O) groups is 2. The molecule has 0 aromatic carbocycles. The summed E-state index contributed by atoms with van der Waals surface area (Å²) < 4.78 is 0. The van der Waals surface area contributed by atoms with E-state index in [1.807, 2.05) is 0 Å².